The molecule has 0 unspecified atom stereocenters. The fourth-order valence-corrected chi connectivity index (χ4v) is 4.44. The Hall–Kier alpha value is -4.62. The van der Waals surface area contributed by atoms with Crippen molar-refractivity contribution in [1.29, 1.82) is 5.26 Å². The number of fused-ring (bicyclic) bond motifs is 1. The number of aromatic nitrogens is 2. The van der Waals surface area contributed by atoms with E-state index in [2.05, 4.69) is 11.6 Å². The van der Waals surface area contributed by atoms with Gasteiger partial charge in [-0.15, -0.1) is 0 Å². The number of carbonyl (C=O) groups is 1. The van der Waals surface area contributed by atoms with Crippen LogP contribution in [0.25, 0.3) is 28.1 Å². The lowest BCUT2D eigenvalue weighted by atomic mass is 9.94. The number of hydrogen-bond acceptors (Lipinski definition) is 5. The van der Waals surface area contributed by atoms with E-state index >= 15 is 0 Å². The van der Waals surface area contributed by atoms with Gasteiger partial charge < -0.3 is 9.84 Å². The van der Waals surface area contributed by atoms with Crippen molar-refractivity contribution in [3.8, 4) is 22.9 Å². The third kappa shape index (κ3) is 5.35. The molecule has 0 aliphatic carbocycles. The first-order valence-electron chi connectivity index (χ1n) is 11.4. The molecule has 4 rings (SSSR count). The van der Waals surface area contributed by atoms with Crippen molar-refractivity contribution in [2.45, 2.75) is 19.6 Å². The largest absolute Gasteiger partial charge is 0.491 e. The van der Waals surface area contributed by atoms with Gasteiger partial charge in [0.05, 0.1) is 34.1 Å². The molecule has 1 heterocycles. The van der Waals surface area contributed by atoms with Crippen LogP contribution in [0.15, 0.2) is 59.9 Å². The number of halogens is 4. The predicted octanol–water partition coefficient (Wildman–Crippen LogP) is 6.34. The number of hydrogen-bond donors (Lipinski definition) is 1. The zero-order chi connectivity index (χ0) is 28.5. The number of ether oxygens (including phenoxy) is 1. The maximum atomic E-state index is 13.2. The summed E-state index contributed by atoms with van der Waals surface area (Å²) >= 11 is 6.21. The van der Waals surface area contributed by atoms with Crippen LogP contribution >= 0.6 is 11.6 Å². The fourth-order valence-electron chi connectivity index (χ4n) is 4.26. The topological polar surface area (TPSA) is 105 Å². The minimum atomic E-state index is -4.70. The van der Waals surface area contributed by atoms with Crippen molar-refractivity contribution in [2.75, 3.05) is 6.61 Å². The molecule has 39 heavy (non-hydrogen) atoms. The van der Waals surface area contributed by atoms with Crippen LogP contribution in [0, 0.1) is 18.3 Å². The number of carboxylic acid groups (broad SMARTS) is 1. The average molecular weight is 554 g/mol. The standard InChI is InChI=1S/C28H19ClF3N3O4/c1-3-19-20(5-4-6-21(19)27(37)38)22-13-18(29)7-8-24(22)39-10-9-35-15(2)34-23-12-17(28(30,31)32)11-16(14-33)25(23)26(35)36/h3-8,11-13H,1,9-10H2,2H3,(H,37,38). The summed E-state index contributed by atoms with van der Waals surface area (Å²) < 4.78 is 46.9. The molecule has 0 fully saturated rings. The molecule has 0 saturated carbocycles. The number of alkyl halides is 3. The molecule has 0 aliphatic heterocycles. The summed E-state index contributed by atoms with van der Waals surface area (Å²) in [6, 6.07) is 12.5. The van der Waals surface area contributed by atoms with Crippen LogP contribution in [-0.2, 0) is 12.7 Å². The summed E-state index contributed by atoms with van der Waals surface area (Å²) in [6.07, 6.45) is -3.28. The summed E-state index contributed by atoms with van der Waals surface area (Å²) in [6.45, 7) is 5.09. The van der Waals surface area contributed by atoms with E-state index in [0.717, 1.165) is 6.07 Å². The fraction of sp³-hybridized carbons (Fsp3) is 0.143. The molecule has 7 nitrogen and oxygen atoms in total. The first kappa shape index (κ1) is 27.4. The van der Waals surface area contributed by atoms with Gasteiger partial charge in [0.25, 0.3) is 5.56 Å². The molecule has 0 saturated heterocycles. The van der Waals surface area contributed by atoms with E-state index in [-0.39, 0.29) is 35.4 Å². The maximum absolute atomic E-state index is 13.2. The molecule has 1 N–H and O–H groups in total. The van der Waals surface area contributed by atoms with Crippen LogP contribution in [-0.4, -0.2) is 27.2 Å². The van der Waals surface area contributed by atoms with Crippen molar-refractivity contribution < 1.29 is 27.8 Å². The number of nitriles is 1. The highest BCUT2D eigenvalue weighted by Crippen LogP contribution is 2.37. The van der Waals surface area contributed by atoms with Crippen molar-refractivity contribution in [3.63, 3.8) is 0 Å². The zero-order valence-corrected chi connectivity index (χ0v) is 21.1. The molecule has 3 aromatic carbocycles. The average Bonchev–Trinajstić information content (AvgIpc) is 2.89. The third-order valence-electron chi connectivity index (χ3n) is 6.04. The minimum Gasteiger partial charge on any atom is -0.491 e. The van der Waals surface area contributed by atoms with Crippen LogP contribution in [0.4, 0.5) is 13.2 Å². The summed E-state index contributed by atoms with van der Waals surface area (Å²) in [7, 11) is 0. The Balaban J connectivity index is 1.70. The van der Waals surface area contributed by atoms with Gasteiger partial charge in [-0.1, -0.05) is 36.4 Å². The monoisotopic (exact) mass is 553 g/mol. The van der Waals surface area contributed by atoms with E-state index in [9.17, 15) is 33.1 Å². The Morgan fingerprint density at radius 3 is 2.62 bits per heavy atom. The van der Waals surface area contributed by atoms with Crippen molar-refractivity contribution in [2.24, 2.45) is 0 Å². The second kappa shape index (κ2) is 10.6. The molecule has 198 valence electrons. The zero-order valence-electron chi connectivity index (χ0n) is 20.3. The van der Waals surface area contributed by atoms with E-state index < -0.39 is 28.8 Å². The van der Waals surface area contributed by atoms with Gasteiger partial charge in [0.1, 0.15) is 24.3 Å². The van der Waals surface area contributed by atoms with Crippen LogP contribution in [0.1, 0.15) is 32.9 Å². The summed E-state index contributed by atoms with van der Waals surface area (Å²) in [5.74, 6) is -0.648. The van der Waals surface area contributed by atoms with Gasteiger partial charge in [0, 0.05) is 10.6 Å². The lowest BCUT2D eigenvalue weighted by Crippen LogP contribution is -2.27. The molecule has 0 bridgehead atoms. The number of aromatic carboxylic acids is 1. The van der Waals surface area contributed by atoms with Crippen LogP contribution < -0.4 is 10.3 Å². The number of carboxylic acids is 1. The van der Waals surface area contributed by atoms with Crippen molar-refractivity contribution in [3.05, 3.63) is 98.6 Å². The van der Waals surface area contributed by atoms with Gasteiger partial charge in [-0.3, -0.25) is 9.36 Å². The Bertz CT molecular complexity index is 1740. The normalized spacial score (nSPS) is 11.3. The SMILES string of the molecule is C=Cc1c(C(=O)O)cccc1-c1cc(Cl)ccc1OCCn1c(C)nc2cc(C(F)(F)F)cc(C#N)c2c1=O. The van der Waals surface area contributed by atoms with Crippen molar-refractivity contribution in [1.82, 2.24) is 9.55 Å². The Kier molecular flexibility index (Phi) is 7.47. The summed E-state index contributed by atoms with van der Waals surface area (Å²) in [5.41, 5.74) is -0.982. The van der Waals surface area contributed by atoms with E-state index in [1.54, 1.807) is 36.4 Å². The number of aryl methyl sites for hydroxylation is 1. The molecule has 11 heteroatoms. The summed E-state index contributed by atoms with van der Waals surface area (Å²) in [4.78, 5) is 29.0. The van der Waals surface area contributed by atoms with E-state index in [1.165, 1.54) is 23.6 Å². The first-order chi connectivity index (χ1) is 18.5. The molecule has 1 aromatic heterocycles. The molecular weight excluding hydrogens is 535 g/mol. The summed E-state index contributed by atoms with van der Waals surface area (Å²) in [5, 5.41) is 19.1. The lowest BCUT2D eigenvalue weighted by Gasteiger charge is -2.17. The van der Waals surface area contributed by atoms with Gasteiger partial charge in [-0.2, -0.15) is 18.4 Å². The molecule has 0 amide bonds. The quantitative estimate of drug-likeness (QED) is 0.286. The van der Waals surface area contributed by atoms with Gasteiger partial charge in [-0.25, -0.2) is 9.78 Å². The Morgan fingerprint density at radius 2 is 1.97 bits per heavy atom. The van der Waals surface area contributed by atoms with Crippen molar-refractivity contribution >= 4 is 34.5 Å². The molecule has 0 radical (unpaired) electrons. The first-order valence-corrected chi connectivity index (χ1v) is 11.8. The van der Waals surface area contributed by atoms with Gasteiger partial charge >= 0.3 is 12.1 Å². The molecule has 0 spiro atoms. The molecule has 0 atom stereocenters. The van der Waals surface area contributed by atoms with Crippen LogP contribution in [0.5, 0.6) is 5.75 Å². The highest BCUT2D eigenvalue weighted by Gasteiger charge is 2.32. The van der Waals surface area contributed by atoms with Crippen LogP contribution in [0.2, 0.25) is 5.02 Å². The van der Waals surface area contributed by atoms with E-state index in [1.807, 2.05) is 0 Å². The minimum absolute atomic E-state index is 0.0367. The number of benzene rings is 3. The Labute approximate surface area is 225 Å². The molecular formula is C28H19ClF3N3O4. The van der Waals surface area contributed by atoms with Gasteiger partial charge in [0.15, 0.2) is 0 Å². The van der Waals surface area contributed by atoms with Crippen LogP contribution in [0.3, 0.4) is 0 Å². The second-order valence-corrected chi connectivity index (χ2v) is 8.84. The highest BCUT2D eigenvalue weighted by atomic mass is 35.5. The third-order valence-corrected chi connectivity index (χ3v) is 6.28. The lowest BCUT2D eigenvalue weighted by molar-refractivity contribution is -0.137. The van der Waals surface area contributed by atoms with Gasteiger partial charge in [-0.05, 0) is 54.4 Å². The molecule has 0 aliphatic rings. The second-order valence-electron chi connectivity index (χ2n) is 8.41. The molecule has 4 aromatic rings. The van der Waals surface area contributed by atoms with E-state index in [4.69, 9.17) is 16.3 Å². The number of rotatable bonds is 7. The Morgan fingerprint density at radius 1 is 1.23 bits per heavy atom. The smallest absolute Gasteiger partial charge is 0.416 e. The highest BCUT2D eigenvalue weighted by molar-refractivity contribution is 6.31. The van der Waals surface area contributed by atoms with Gasteiger partial charge in [0.2, 0.25) is 0 Å². The maximum Gasteiger partial charge on any atom is 0.416 e. The number of nitrogens with zero attached hydrogens (tertiary/aromatic N) is 3. The van der Waals surface area contributed by atoms with E-state index in [0.29, 0.717) is 33.5 Å². The predicted molar refractivity (Wildman–Crippen MR) is 140 cm³/mol.